The predicted octanol–water partition coefficient (Wildman–Crippen LogP) is 2.75. The van der Waals surface area contributed by atoms with E-state index in [-0.39, 0.29) is 12.3 Å². The highest BCUT2D eigenvalue weighted by atomic mass is 16.5. The summed E-state index contributed by atoms with van der Waals surface area (Å²) in [7, 11) is 3.20. The van der Waals surface area contributed by atoms with Gasteiger partial charge >= 0.3 is 0 Å². The third-order valence-corrected chi connectivity index (χ3v) is 3.99. The van der Waals surface area contributed by atoms with Crippen LogP contribution in [0.15, 0.2) is 60.9 Å². The molecule has 0 bridgehead atoms. The quantitative estimate of drug-likeness (QED) is 0.711. The van der Waals surface area contributed by atoms with Crippen molar-refractivity contribution < 1.29 is 14.3 Å². The van der Waals surface area contributed by atoms with Crippen LogP contribution in [0.5, 0.6) is 11.5 Å². The van der Waals surface area contributed by atoms with Gasteiger partial charge in [-0.15, -0.1) is 0 Å². The van der Waals surface area contributed by atoms with E-state index in [1.54, 1.807) is 31.2 Å². The zero-order chi connectivity index (χ0) is 18.4. The first-order valence-electron chi connectivity index (χ1n) is 8.26. The monoisotopic (exact) mass is 351 g/mol. The highest BCUT2D eigenvalue weighted by Gasteiger charge is 2.09. The molecule has 0 fully saturated rings. The number of rotatable bonds is 7. The van der Waals surface area contributed by atoms with Crippen molar-refractivity contribution in [3.05, 3.63) is 72.1 Å². The van der Waals surface area contributed by atoms with E-state index in [1.807, 2.05) is 48.7 Å². The summed E-state index contributed by atoms with van der Waals surface area (Å²) in [5.74, 6) is 1.32. The van der Waals surface area contributed by atoms with Crippen molar-refractivity contribution in [2.24, 2.45) is 0 Å². The minimum atomic E-state index is -0.0736. The van der Waals surface area contributed by atoms with Crippen LogP contribution >= 0.6 is 0 Å². The fourth-order valence-corrected chi connectivity index (χ4v) is 2.61. The molecule has 0 aliphatic heterocycles. The molecule has 0 saturated carbocycles. The number of aromatic nitrogens is 2. The zero-order valence-corrected chi connectivity index (χ0v) is 14.8. The maximum absolute atomic E-state index is 12.2. The van der Waals surface area contributed by atoms with Crippen LogP contribution in [0.2, 0.25) is 0 Å². The second-order valence-corrected chi connectivity index (χ2v) is 5.76. The topological polar surface area (TPSA) is 65.4 Å². The predicted molar refractivity (Wildman–Crippen MR) is 98.7 cm³/mol. The number of hydrogen-bond donors (Lipinski definition) is 1. The fourth-order valence-electron chi connectivity index (χ4n) is 2.61. The van der Waals surface area contributed by atoms with Gasteiger partial charge in [-0.2, -0.15) is 5.10 Å². The molecule has 0 radical (unpaired) electrons. The lowest BCUT2D eigenvalue weighted by atomic mass is 10.1. The summed E-state index contributed by atoms with van der Waals surface area (Å²) in [4.78, 5) is 12.2. The lowest BCUT2D eigenvalue weighted by Crippen LogP contribution is -2.24. The Balaban J connectivity index is 1.59. The van der Waals surface area contributed by atoms with Crippen molar-refractivity contribution >= 4 is 5.91 Å². The average Bonchev–Trinajstić information content (AvgIpc) is 3.15. The van der Waals surface area contributed by atoms with E-state index in [0.717, 1.165) is 16.8 Å². The molecule has 0 aliphatic rings. The lowest BCUT2D eigenvalue weighted by Gasteiger charge is -2.11. The largest absolute Gasteiger partial charge is 0.497 e. The van der Waals surface area contributed by atoms with Crippen LogP contribution in [0.1, 0.15) is 11.1 Å². The fraction of sp³-hybridized carbons (Fsp3) is 0.200. The summed E-state index contributed by atoms with van der Waals surface area (Å²) < 4.78 is 12.3. The molecule has 3 rings (SSSR count). The number of carbonyl (C=O) groups is 1. The Morgan fingerprint density at radius 1 is 1.12 bits per heavy atom. The first kappa shape index (κ1) is 17.5. The zero-order valence-electron chi connectivity index (χ0n) is 14.8. The Bertz CT molecular complexity index is 875. The van der Waals surface area contributed by atoms with Gasteiger partial charge in [0, 0.05) is 24.4 Å². The van der Waals surface area contributed by atoms with Gasteiger partial charge in [0.15, 0.2) is 0 Å². The van der Waals surface area contributed by atoms with Gasteiger partial charge in [0.1, 0.15) is 11.5 Å². The number of hydrogen-bond acceptors (Lipinski definition) is 4. The second kappa shape index (κ2) is 8.20. The molecule has 1 aromatic heterocycles. The number of nitrogens with one attached hydrogen (secondary N) is 1. The first-order valence-corrected chi connectivity index (χ1v) is 8.26. The third kappa shape index (κ3) is 4.22. The number of benzene rings is 2. The Morgan fingerprint density at radius 2 is 1.92 bits per heavy atom. The smallest absolute Gasteiger partial charge is 0.224 e. The van der Waals surface area contributed by atoms with Gasteiger partial charge in [0.25, 0.3) is 0 Å². The van der Waals surface area contributed by atoms with Crippen LogP contribution in [-0.4, -0.2) is 29.9 Å². The standard InChI is InChI=1S/C20H21N3O3/c1-25-18-9-8-16(19(11-18)26-2)13-21-20(24)10-15-12-22-23(14-15)17-6-4-3-5-7-17/h3-9,11-12,14H,10,13H2,1-2H3,(H,21,24). The number of carbonyl (C=O) groups excluding carboxylic acids is 1. The summed E-state index contributed by atoms with van der Waals surface area (Å²) in [5, 5.41) is 7.22. The van der Waals surface area contributed by atoms with Crippen molar-refractivity contribution in [1.82, 2.24) is 15.1 Å². The summed E-state index contributed by atoms with van der Waals surface area (Å²) in [6, 6.07) is 15.3. The van der Waals surface area contributed by atoms with Crippen LogP contribution in [-0.2, 0) is 17.8 Å². The molecule has 26 heavy (non-hydrogen) atoms. The molecule has 1 heterocycles. The number of para-hydroxylation sites is 1. The Labute approximate surface area is 152 Å². The van der Waals surface area contributed by atoms with Crippen LogP contribution in [0.3, 0.4) is 0 Å². The van der Waals surface area contributed by atoms with E-state index in [1.165, 1.54) is 0 Å². The Morgan fingerprint density at radius 3 is 2.65 bits per heavy atom. The van der Waals surface area contributed by atoms with Crippen LogP contribution in [0.4, 0.5) is 0 Å². The van der Waals surface area contributed by atoms with Crippen LogP contribution in [0, 0.1) is 0 Å². The minimum Gasteiger partial charge on any atom is -0.497 e. The second-order valence-electron chi connectivity index (χ2n) is 5.76. The molecule has 2 aromatic carbocycles. The lowest BCUT2D eigenvalue weighted by molar-refractivity contribution is -0.120. The molecule has 0 unspecified atom stereocenters. The number of methoxy groups -OCH3 is 2. The summed E-state index contributed by atoms with van der Waals surface area (Å²) in [6.45, 7) is 0.388. The molecule has 3 aromatic rings. The molecule has 0 spiro atoms. The van der Waals surface area contributed by atoms with E-state index in [0.29, 0.717) is 18.0 Å². The average molecular weight is 351 g/mol. The number of nitrogens with zero attached hydrogens (tertiary/aromatic N) is 2. The molecule has 134 valence electrons. The highest BCUT2D eigenvalue weighted by Crippen LogP contribution is 2.24. The molecule has 0 atom stereocenters. The van der Waals surface area contributed by atoms with E-state index in [9.17, 15) is 4.79 Å². The summed E-state index contributed by atoms with van der Waals surface area (Å²) >= 11 is 0. The van der Waals surface area contributed by atoms with Gasteiger partial charge in [-0.05, 0) is 29.8 Å². The Kier molecular flexibility index (Phi) is 5.53. The summed E-state index contributed by atoms with van der Waals surface area (Å²) in [6.07, 6.45) is 3.84. The van der Waals surface area contributed by atoms with E-state index >= 15 is 0 Å². The molecule has 1 amide bonds. The maximum Gasteiger partial charge on any atom is 0.224 e. The molecular formula is C20H21N3O3. The normalized spacial score (nSPS) is 10.4. The maximum atomic E-state index is 12.2. The van der Waals surface area contributed by atoms with Crippen molar-refractivity contribution in [1.29, 1.82) is 0 Å². The number of ether oxygens (including phenoxy) is 2. The third-order valence-electron chi connectivity index (χ3n) is 3.99. The molecule has 0 saturated heterocycles. The van der Waals surface area contributed by atoms with Crippen LogP contribution < -0.4 is 14.8 Å². The minimum absolute atomic E-state index is 0.0736. The molecule has 6 nitrogen and oxygen atoms in total. The van der Waals surface area contributed by atoms with Crippen molar-refractivity contribution in [3.63, 3.8) is 0 Å². The van der Waals surface area contributed by atoms with Crippen molar-refractivity contribution in [3.8, 4) is 17.2 Å². The SMILES string of the molecule is COc1ccc(CNC(=O)Cc2cnn(-c3ccccc3)c2)c(OC)c1. The highest BCUT2D eigenvalue weighted by molar-refractivity contribution is 5.78. The van der Waals surface area contributed by atoms with Gasteiger partial charge in [-0.1, -0.05) is 18.2 Å². The van der Waals surface area contributed by atoms with Crippen molar-refractivity contribution in [2.75, 3.05) is 14.2 Å². The van der Waals surface area contributed by atoms with Gasteiger partial charge in [-0.25, -0.2) is 4.68 Å². The van der Waals surface area contributed by atoms with E-state index in [2.05, 4.69) is 10.4 Å². The van der Waals surface area contributed by atoms with Crippen LogP contribution in [0.25, 0.3) is 5.69 Å². The number of amides is 1. The van der Waals surface area contributed by atoms with Crippen molar-refractivity contribution in [2.45, 2.75) is 13.0 Å². The summed E-state index contributed by atoms with van der Waals surface area (Å²) in [5.41, 5.74) is 2.71. The van der Waals surface area contributed by atoms with E-state index < -0.39 is 0 Å². The molecule has 6 heteroatoms. The molecular weight excluding hydrogens is 330 g/mol. The van der Waals surface area contributed by atoms with Gasteiger partial charge < -0.3 is 14.8 Å². The van der Waals surface area contributed by atoms with Gasteiger partial charge in [-0.3, -0.25) is 4.79 Å². The molecule has 0 aliphatic carbocycles. The Hall–Kier alpha value is -3.28. The molecule has 1 N–H and O–H groups in total. The van der Waals surface area contributed by atoms with E-state index in [4.69, 9.17) is 9.47 Å². The first-order chi connectivity index (χ1) is 12.7. The van der Waals surface area contributed by atoms with Gasteiger partial charge in [0.2, 0.25) is 5.91 Å². The van der Waals surface area contributed by atoms with Gasteiger partial charge in [0.05, 0.1) is 32.5 Å².